The van der Waals surface area contributed by atoms with Gasteiger partial charge in [-0.25, -0.2) is 0 Å². The van der Waals surface area contributed by atoms with Crippen LogP contribution in [-0.4, -0.2) is 158 Å². The summed E-state index contributed by atoms with van der Waals surface area (Å²) in [5.74, 6) is -5.61. The number of aliphatic hydroxyl groups excluding tert-OH is 9. The van der Waals surface area contributed by atoms with Crippen LogP contribution in [0.1, 0.15) is 0 Å². The predicted molar refractivity (Wildman–Crippen MR) is 98.0 cm³/mol. The van der Waals surface area contributed by atoms with Crippen LogP contribution in [0.25, 0.3) is 0 Å². The van der Waals surface area contributed by atoms with E-state index in [1.165, 1.54) is 0 Å². The summed E-state index contributed by atoms with van der Waals surface area (Å²) in [6.45, 7) is -3.47. The summed E-state index contributed by atoms with van der Waals surface area (Å²) in [4.78, 5) is 0. The highest BCUT2D eigenvalue weighted by Crippen LogP contribution is 2.43. The molecule has 0 aromatic heterocycles. The Labute approximate surface area is 187 Å². The van der Waals surface area contributed by atoms with Crippen LogP contribution in [0.5, 0.6) is 0 Å². The van der Waals surface area contributed by atoms with E-state index in [1.54, 1.807) is 0 Å². The van der Waals surface area contributed by atoms with E-state index in [4.69, 9.17) is 28.4 Å². The first-order valence-electron chi connectivity index (χ1n) is 10.4. The largest absolute Gasteiger partial charge is 0.394 e. The summed E-state index contributed by atoms with van der Waals surface area (Å²) in [7, 11) is 0. The SMILES string of the molecule is OC[C@H]1O[C@@](CO)(OC[C@H]2O[C@@](CO)(OC[C@H]3O[C@]4(CO4)[C@@H](O)[C@@H]3O)[C@@H](O)[C@@H]2O)[C@@H](O)[C@@H]1O. The molecule has 4 heterocycles. The Hall–Kier alpha value is -0.600. The number of ether oxygens (including phenoxy) is 6. The van der Waals surface area contributed by atoms with Crippen LogP contribution < -0.4 is 0 Å². The summed E-state index contributed by atoms with van der Waals surface area (Å²) < 4.78 is 32.1. The average Bonchev–Trinajstić information content (AvgIpc) is 3.46. The number of rotatable bonds is 9. The van der Waals surface area contributed by atoms with Gasteiger partial charge in [0.1, 0.15) is 74.8 Å². The van der Waals surface area contributed by atoms with Gasteiger partial charge in [-0.15, -0.1) is 0 Å². The smallest absolute Gasteiger partial charge is 0.222 e. The van der Waals surface area contributed by atoms with Gasteiger partial charge in [0.2, 0.25) is 17.4 Å². The Morgan fingerprint density at radius 2 is 1.06 bits per heavy atom. The number of epoxide rings is 1. The van der Waals surface area contributed by atoms with E-state index in [2.05, 4.69) is 0 Å². The molecule has 0 radical (unpaired) electrons. The van der Waals surface area contributed by atoms with Gasteiger partial charge in [0.15, 0.2) is 0 Å². The number of hydrogen-bond donors (Lipinski definition) is 9. The molecular weight excluding hydrogens is 456 g/mol. The molecule has 15 nitrogen and oxygen atoms in total. The molecule has 12 atom stereocenters. The van der Waals surface area contributed by atoms with Crippen molar-refractivity contribution in [2.75, 3.05) is 39.6 Å². The van der Waals surface area contributed by atoms with Crippen LogP contribution in [0, 0.1) is 0 Å². The van der Waals surface area contributed by atoms with Crippen molar-refractivity contribution in [1.29, 1.82) is 0 Å². The molecule has 0 aromatic carbocycles. The number of aliphatic hydroxyl groups is 9. The molecular formula is C18H30O15. The van der Waals surface area contributed by atoms with Crippen molar-refractivity contribution < 1.29 is 74.4 Å². The minimum Gasteiger partial charge on any atom is -0.394 e. The molecule has 0 aromatic rings. The van der Waals surface area contributed by atoms with Crippen molar-refractivity contribution in [2.24, 2.45) is 0 Å². The van der Waals surface area contributed by atoms with E-state index in [-0.39, 0.29) is 6.61 Å². The van der Waals surface area contributed by atoms with Crippen molar-refractivity contribution >= 4 is 0 Å². The van der Waals surface area contributed by atoms with E-state index in [1.807, 2.05) is 0 Å². The lowest BCUT2D eigenvalue weighted by Crippen LogP contribution is -2.50. The summed E-state index contributed by atoms with van der Waals surface area (Å²) in [6, 6.07) is 0. The first-order valence-corrected chi connectivity index (χ1v) is 10.4. The summed E-state index contributed by atoms with van der Waals surface area (Å²) in [6.07, 6.45) is -13.1. The molecule has 4 saturated heterocycles. The normalized spacial score (nSPS) is 53.9. The van der Waals surface area contributed by atoms with Gasteiger partial charge in [-0.3, -0.25) is 0 Å². The summed E-state index contributed by atoms with van der Waals surface area (Å²) in [5, 5.41) is 89.8. The van der Waals surface area contributed by atoms with Crippen molar-refractivity contribution in [2.45, 2.75) is 72.3 Å². The van der Waals surface area contributed by atoms with Gasteiger partial charge in [0, 0.05) is 0 Å². The van der Waals surface area contributed by atoms with Gasteiger partial charge in [-0.1, -0.05) is 0 Å². The van der Waals surface area contributed by atoms with Gasteiger partial charge in [-0.05, 0) is 0 Å². The van der Waals surface area contributed by atoms with E-state index < -0.39 is 105 Å². The van der Waals surface area contributed by atoms with Gasteiger partial charge < -0.3 is 74.4 Å². The maximum atomic E-state index is 10.5. The zero-order valence-corrected chi connectivity index (χ0v) is 17.4. The first kappa shape index (κ1) is 25.5. The average molecular weight is 486 g/mol. The molecule has 4 aliphatic heterocycles. The second-order valence-electron chi connectivity index (χ2n) is 8.62. The fraction of sp³-hybridized carbons (Fsp3) is 1.00. The molecule has 15 heteroatoms. The van der Waals surface area contributed by atoms with E-state index in [9.17, 15) is 46.0 Å². The van der Waals surface area contributed by atoms with Gasteiger partial charge in [0.25, 0.3) is 0 Å². The molecule has 0 amide bonds. The quantitative estimate of drug-likeness (QED) is 0.138. The Kier molecular flexibility index (Phi) is 7.05. The maximum absolute atomic E-state index is 10.5. The Morgan fingerprint density at radius 1 is 0.636 bits per heavy atom. The third-order valence-corrected chi connectivity index (χ3v) is 6.55. The predicted octanol–water partition coefficient (Wildman–Crippen LogP) is -6.52. The highest BCUT2D eigenvalue weighted by Gasteiger charge is 2.65. The maximum Gasteiger partial charge on any atom is 0.222 e. The molecule has 33 heavy (non-hydrogen) atoms. The Morgan fingerprint density at radius 3 is 1.45 bits per heavy atom. The lowest BCUT2D eigenvalue weighted by Gasteiger charge is -2.32. The second-order valence-corrected chi connectivity index (χ2v) is 8.62. The molecule has 4 aliphatic rings. The molecule has 0 saturated carbocycles. The minimum absolute atomic E-state index is 0.0798. The van der Waals surface area contributed by atoms with E-state index in [0.717, 1.165) is 0 Å². The van der Waals surface area contributed by atoms with Crippen molar-refractivity contribution in [3.8, 4) is 0 Å². The molecule has 1 spiro atoms. The lowest BCUT2D eigenvalue weighted by atomic mass is 10.0. The molecule has 0 bridgehead atoms. The highest BCUT2D eigenvalue weighted by atomic mass is 16.8. The van der Waals surface area contributed by atoms with Gasteiger partial charge in [-0.2, -0.15) is 0 Å². The molecule has 192 valence electrons. The highest BCUT2D eigenvalue weighted by molar-refractivity contribution is 5.04. The summed E-state index contributed by atoms with van der Waals surface area (Å²) >= 11 is 0. The van der Waals surface area contributed by atoms with E-state index in [0.29, 0.717) is 0 Å². The van der Waals surface area contributed by atoms with E-state index >= 15 is 0 Å². The third-order valence-electron chi connectivity index (χ3n) is 6.55. The molecule has 0 aliphatic carbocycles. The topological polar surface area (TPSA) is 241 Å². The molecule has 4 rings (SSSR count). The summed E-state index contributed by atoms with van der Waals surface area (Å²) in [5.41, 5.74) is 0. The Bertz CT molecular complexity index is 692. The molecule has 4 fully saturated rings. The van der Waals surface area contributed by atoms with Crippen molar-refractivity contribution in [1.82, 2.24) is 0 Å². The second kappa shape index (κ2) is 9.12. The van der Waals surface area contributed by atoms with Crippen LogP contribution >= 0.6 is 0 Å². The third kappa shape index (κ3) is 4.10. The van der Waals surface area contributed by atoms with Crippen LogP contribution in [-0.2, 0) is 28.4 Å². The van der Waals surface area contributed by atoms with Crippen LogP contribution in [0.15, 0.2) is 0 Å². The fourth-order valence-electron chi connectivity index (χ4n) is 4.34. The number of hydrogen-bond acceptors (Lipinski definition) is 15. The van der Waals surface area contributed by atoms with Gasteiger partial charge >= 0.3 is 0 Å². The molecule has 0 unspecified atom stereocenters. The zero-order chi connectivity index (χ0) is 24.2. The van der Waals surface area contributed by atoms with Crippen molar-refractivity contribution in [3.63, 3.8) is 0 Å². The fourth-order valence-corrected chi connectivity index (χ4v) is 4.34. The van der Waals surface area contributed by atoms with Crippen LogP contribution in [0.3, 0.4) is 0 Å². The standard InChI is InChI=1S/C18H30O15/c19-1-7-10(22)13(25)16(4-20,31-7)28-2-8-11(23)14(26)17(5-21,32-8)29-3-9-12(24)15(27)18(33-9)6-30-18/h7-15,19-27H,1-6H2/t7-,8-,9-,10-,11-,12-,13+,14+,15+,16-,17-,18-/m1/s1. The van der Waals surface area contributed by atoms with Crippen molar-refractivity contribution in [3.05, 3.63) is 0 Å². The Balaban J connectivity index is 1.39. The zero-order valence-electron chi connectivity index (χ0n) is 17.4. The van der Waals surface area contributed by atoms with Crippen LogP contribution in [0.4, 0.5) is 0 Å². The monoisotopic (exact) mass is 486 g/mol. The first-order chi connectivity index (χ1) is 15.6. The van der Waals surface area contributed by atoms with Gasteiger partial charge in [0.05, 0.1) is 19.8 Å². The minimum atomic E-state index is -2.16. The molecule has 9 N–H and O–H groups in total. The lowest BCUT2D eigenvalue weighted by molar-refractivity contribution is -0.308. The van der Waals surface area contributed by atoms with Crippen LogP contribution in [0.2, 0.25) is 0 Å².